The molecule has 0 aromatic carbocycles. The van der Waals surface area contributed by atoms with Gasteiger partial charge in [-0.3, -0.25) is 9.48 Å². The molecule has 1 atom stereocenters. The van der Waals surface area contributed by atoms with Crippen LogP contribution in [0.15, 0.2) is 12.3 Å². The van der Waals surface area contributed by atoms with Crippen LogP contribution in [0.4, 0.5) is 5.82 Å². The van der Waals surface area contributed by atoms with Crippen LogP contribution in [0.1, 0.15) is 43.3 Å². The number of aromatic nitrogens is 4. The highest BCUT2D eigenvalue weighted by molar-refractivity contribution is 5.80. The van der Waals surface area contributed by atoms with Gasteiger partial charge in [0.1, 0.15) is 0 Å². The average Bonchev–Trinajstić information content (AvgIpc) is 3.10. The maximum atomic E-state index is 12.5. The minimum absolute atomic E-state index is 0.220. The van der Waals surface area contributed by atoms with Gasteiger partial charge in [0.2, 0.25) is 5.91 Å². The fourth-order valence-electron chi connectivity index (χ4n) is 2.62. The van der Waals surface area contributed by atoms with Crippen molar-refractivity contribution < 1.29 is 9.72 Å². The molecule has 0 saturated heterocycles. The Morgan fingerprint density at radius 1 is 1.42 bits per heavy atom. The maximum absolute atomic E-state index is 12.5. The lowest BCUT2D eigenvalue weighted by molar-refractivity contribution is -0.389. The molecule has 2 aromatic rings. The van der Waals surface area contributed by atoms with Gasteiger partial charge in [-0.1, -0.05) is 6.92 Å². The van der Waals surface area contributed by atoms with E-state index >= 15 is 0 Å². The second-order valence-corrected chi connectivity index (χ2v) is 5.56. The zero-order valence-corrected chi connectivity index (χ0v) is 14.3. The van der Waals surface area contributed by atoms with E-state index in [4.69, 9.17) is 0 Å². The third-order valence-electron chi connectivity index (χ3n) is 4.04. The van der Waals surface area contributed by atoms with Gasteiger partial charge in [0.15, 0.2) is 6.04 Å². The van der Waals surface area contributed by atoms with Gasteiger partial charge < -0.3 is 15.4 Å². The Balaban J connectivity index is 2.11. The van der Waals surface area contributed by atoms with Crippen molar-refractivity contribution in [2.75, 3.05) is 0 Å². The molecule has 0 saturated carbocycles. The summed E-state index contributed by atoms with van der Waals surface area (Å²) in [5.74, 6) is -0.471. The minimum Gasteiger partial charge on any atom is -0.358 e. The number of rotatable bonds is 7. The summed E-state index contributed by atoms with van der Waals surface area (Å²) in [5.41, 5.74) is 2.54. The molecule has 130 valence electrons. The standard InChI is InChI=1S/C15H22N6O3/c1-5-13(20-10(3)7-14(18-20)21(23)24)15(22)16-8-12-9-17-19(6-2)11(12)4/h7,9,13H,5-6,8H2,1-4H3,(H,16,22). The summed E-state index contributed by atoms with van der Waals surface area (Å²) in [4.78, 5) is 22.8. The summed E-state index contributed by atoms with van der Waals surface area (Å²) < 4.78 is 3.27. The van der Waals surface area contributed by atoms with Gasteiger partial charge >= 0.3 is 5.82 Å². The Bertz CT molecular complexity index is 748. The number of nitro groups is 1. The molecular formula is C15H22N6O3. The maximum Gasteiger partial charge on any atom is 0.390 e. The van der Waals surface area contributed by atoms with Crippen molar-refractivity contribution in [3.63, 3.8) is 0 Å². The smallest absolute Gasteiger partial charge is 0.358 e. The van der Waals surface area contributed by atoms with E-state index in [9.17, 15) is 14.9 Å². The van der Waals surface area contributed by atoms with Gasteiger partial charge in [0, 0.05) is 24.3 Å². The van der Waals surface area contributed by atoms with Crippen molar-refractivity contribution in [3.05, 3.63) is 39.3 Å². The molecule has 2 heterocycles. The van der Waals surface area contributed by atoms with Crippen molar-refractivity contribution >= 4 is 11.7 Å². The van der Waals surface area contributed by atoms with E-state index in [2.05, 4.69) is 15.5 Å². The van der Waals surface area contributed by atoms with Crippen LogP contribution in [-0.2, 0) is 17.9 Å². The van der Waals surface area contributed by atoms with Crippen LogP contribution in [0.3, 0.4) is 0 Å². The van der Waals surface area contributed by atoms with E-state index < -0.39 is 11.0 Å². The molecule has 24 heavy (non-hydrogen) atoms. The Morgan fingerprint density at radius 2 is 2.12 bits per heavy atom. The molecule has 0 spiro atoms. The van der Waals surface area contributed by atoms with Gasteiger partial charge in [0.25, 0.3) is 0 Å². The van der Waals surface area contributed by atoms with Crippen LogP contribution in [0.2, 0.25) is 0 Å². The molecule has 9 heteroatoms. The highest BCUT2D eigenvalue weighted by Crippen LogP contribution is 2.19. The predicted octanol–water partition coefficient (Wildman–Crippen LogP) is 1.89. The molecule has 0 aliphatic rings. The monoisotopic (exact) mass is 334 g/mol. The summed E-state index contributed by atoms with van der Waals surface area (Å²) in [6.45, 7) is 8.64. The molecular weight excluding hydrogens is 312 g/mol. The van der Waals surface area contributed by atoms with E-state index in [1.165, 1.54) is 10.7 Å². The van der Waals surface area contributed by atoms with E-state index in [1.807, 2.05) is 25.5 Å². The van der Waals surface area contributed by atoms with Gasteiger partial charge in [-0.05, 0) is 32.1 Å². The number of nitrogens with one attached hydrogen (secondary N) is 1. The van der Waals surface area contributed by atoms with Crippen LogP contribution in [0.5, 0.6) is 0 Å². The number of nitrogens with zero attached hydrogens (tertiary/aromatic N) is 5. The summed E-state index contributed by atoms with van der Waals surface area (Å²) in [5, 5.41) is 21.9. The average molecular weight is 334 g/mol. The van der Waals surface area contributed by atoms with Gasteiger partial charge in [-0.2, -0.15) is 9.78 Å². The number of hydrogen-bond donors (Lipinski definition) is 1. The Morgan fingerprint density at radius 3 is 2.62 bits per heavy atom. The number of amides is 1. The highest BCUT2D eigenvalue weighted by Gasteiger charge is 2.26. The second-order valence-electron chi connectivity index (χ2n) is 5.56. The first-order chi connectivity index (χ1) is 11.4. The van der Waals surface area contributed by atoms with Crippen LogP contribution < -0.4 is 5.32 Å². The molecule has 1 N–H and O–H groups in total. The first-order valence-corrected chi connectivity index (χ1v) is 7.88. The molecule has 1 amide bonds. The topological polar surface area (TPSA) is 108 Å². The Labute approximate surface area is 139 Å². The lowest BCUT2D eigenvalue weighted by atomic mass is 10.2. The zero-order valence-electron chi connectivity index (χ0n) is 14.3. The van der Waals surface area contributed by atoms with Crippen molar-refractivity contribution in [2.24, 2.45) is 0 Å². The van der Waals surface area contributed by atoms with Crippen molar-refractivity contribution in [3.8, 4) is 0 Å². The predicted molar refractivity (Wildman–Crippen MR) is 87.4 cm³/mol. The third-order valence-corrected chi connectivity index (χ3v) is 4.04. The summed E-state index contributed by atoms with van der Waals surface area (Å²) in [6, 6.07) is 0.783. The van der Waals surface area contributed by atoms with Crippen molar-refractivity contribution in [1.29, 1.82) is 0 Å². The molecule has 2 rings (SSSR count). The molecule has 1 unspecified atom stereocenters. The van der Waals surface area contributed by atoms with Gasteiger partial charge in [0.05, 0.1) is 23.1 Å². The molecule has 9 nitrogen and oxygen atoms in total. The van der Waals surface area contributed by atoms with Crippen LogP contribution in [0.25, 0.3) is 0 Å². The Hall–Kier alpha value is -2.71. The van der Waals surface area contributed by atoms with Crippen LogP contribution in [0, 0.1) is 24.0 Å². The highest BCUT2D eigenvalue weighted by atomic mass is 16.6. The van der Waals surface area contributed by atoms with E-state index in [0.717, 1.165) is 17.8 Å². The number of carbonyl (C=O) groups excluding carboxylic acids is 1. The SMILES string of the molecule is CCC(C(=O)NCc1cnn(CC)c1C)n1nc([N+](=O)[O-])cc1C. The summed E-state index contributed by atoms with van der Waals surface area (Å²) in [7, 11) is 0. The lowest BCUT2D eigenvalue weighted by Crippen LogP contribution is -2.33. The van der Waals surface area contributed by atoms with E-state index in [1.54, 1.807) is 13.1 Å². The normalized spacial score (nSPS) is 12.2. The minimum atomic E-state index is -0.583. The van der Waals surface area contributed by atoms with Crippen LogP contribution >= 0.6 is 0 Å². The lowest BCUT2D eigenvalue weighted by Gasteiger charge is -2.14. The molecule has 0 bridgehead atoms. The zero-order chi connectivity index (χ0) is 17.9. The summed E-state index contributed by atoms with van der Waals surface area (Å²) in [6.07, 6.45) is 2.22. The van der Waals surface area contributed by atoms with Crippen LogP contribution in [-0.4, -0.2) is 30.4 Å². The quantitative estimate of drug-likeness (QED) is 0.614. The molecule has 0 radical (unpaired) electrons. The number of aryl methyl sites for hydroxylation is 2. The summed E-state index contributed by atoms with van der Waals surface area (Å²) >= 11 is 0. The first kappa shape index (κ1) is 17.6. The molecule has 0 fully saturated rings. The third kappa shape index (κ3) is 3.44. The van der Waals surface area contributed by atoms with Gasteiger partial charge in [-0.25, -0.2) is 0 Å². The fraction of sp³-hybridized carbons (Fsp3) is 0.533. The van der Waals surface area contributed by atoms with E-state index in [0.29, 0.717) is 18.7 Å². The van der Waals surface area contributed by atoms with Gasteiger partial charge in [-0.15, -0.1) is 0 Å². The molecule has 2 aromatic heterocycles. The largest absolute Gasteiger partial charge is 0.390 e. The van der Waals surface area contributed by atoms with Crippen molar-refractivity contribution in [1.82, 2.24) is 24.9 Å². The molecule has 0 aliphatic heterocycles. The molecule has 0 aliphatic carbocycles. The van der Waals surface area contributed by atoms with E-state index in [-0.39, 0.29) is 11.7 Å². The Kier molecular flexibility index (Phi) is 5.32. The fourth-order valence-corrected chi connectivity index (χ4v) is 2.62. The number of hydrogen-bond acceptors (Lipinski definition) is 5. The van der Waals surface area contributed by atoms with Crippen molar-refractivity contribution in [2.45, 2.75) is 53.2 Å². The number of carbonyl (C=O) groups is 1. The second kappa shape index (κ2) is 7.24. The first-order valence-electron chi connectivity index (χ1n) is 7.88.